The summed E-state index contributed by atoms with van der Waals surface area (Å²) in [6, 6.07) is 0.219. The first-order chi connectivity index (χ1) is 20.9. The number of carbonyl (C=O) groups excluding carboxylic acids is 1. The Labute approximate surface area is 265 Å². The van der Waals surface area contributed by atoms with E-state index in [4.69, 9.17) is 32.8 Å². The number of nitrogens with two attached hydrogens (primary N) is 2. The average Bonchev–Trinajstić information content (AvgIpc) is 2.96. The van der Waals surface area contributed by atoms with E-state index in [-0.39, 0.29) is 28.8 Å². The minimum atomic E-state index is -0.787. The molecule has 0 aromatic rings. The fourth-order valence-electron chi connectivity index (χ4n) is 8.15. The predicted octanol–water partition coefficient (Wildman–Crippen LogP) is 3.31. The van der Waals surface area contributed by atoms with Gasteiger partial charge in [0.1, 0.15) is 0 Å². The number of halogens is 1. The van der Waals surface area contributed by atoms with Crippen LogP contribution in [-0.4, -0.2) is 116 Å². The molecule has 4 atom stereocenters. The van der Waals surface area contributed by atoms with Gasteiger partial charge in [-0.15, -0.1) is 11.6 Å². The maximum atomic E-state index is 14.3. The molecule has 4 aliphatic heterocycles. The second kappa shape index (κ2) is 15.9. The lowest BCUT2D eigenvalue weighted by atomic mass is 9.65. The summed E-state index contributed by atoms with van der Waals surface area (Å²) >= 11 is 6.66. The lowest BCUT2D eigenvalue weighted by molar-refractivity contribution is -0.127. The minimum Gasteiger partial charge on any atom is -0.378 e. The summed E-state index contributed by atoms with van der Waals surface area (Å²) in [4.78, 5) is 26.7. The molecule has 0 radical (unpaired) electrons. The van der Waals surface area contributed by atoms with Crippen LogP contribution >= 0.6 is 11.6 Å². The maximum Gasteiger partial charge on any atom is 0.228 e. The van der Waals surface area contributed by atoms with E-state index >= 15 is 0 Å². The summed E-state index contributed by atoms with van der Waals surface area (Å²) in [5, 5.41) is 3.37. The first-order valence-corrected chi connectivity index (χ1v) is 17.8. The molecule has 1 spiro atoms. The average molecular weight is 620 g/mol. The van der Waals surface area contributed by atoms with Crippen molar-refractivity contribution in [2.75, 3.05) is 59.0 Å². The van der Waals surface area contributed by atoms with Crippen LogP contribution in [0.25, 0.3) is 0 Å². The van der Waals surface area contributed by atoms with Crippen molar-refractivity contribution in [2.45, 2.75) is 114 Å². The van der Waals surface area contributed by atoms with Crippen molar-refractivity contribution >= 4 is 23.7 Å². The monoisotopic (exact) mass is 619 g/mol. The summed E-state index contributed by atoms with van der Waals surface area (Å²) in [7, 11) is 0. The van der Waals surface area contributed by atoms with Gasteiger partial charge < -0.3 is 26.4 Å². The van der Waals surface area contributed by atoms with Crippen molar-refractivity contribution in [3.8, 4) is 0 Å². The van der Waals surface area contributed by atoms with Crippen LogP contribution in [0.2, 0.25) is 0 Å². The van der Waals surface area contributed by atoms with E-state index in [1.165, 1.54) is 63.5 Å². The number of aliphatic imine (C=N–C) groups is 1. The third-order valence-corrected chi connectivity index (χ3v) is 11.2. The summed E-state index contributed by atoms with van der Waals surface area (Å²) < 4.78 is 5.44. The zero-order valence-electron chi connectivity index (χ0n) is 26.6. The molecule has 0 bridgehead atoms. The van der Waals surface area contributed by atoms with Crippen molar-refractivity contribution in [1.82, 2.24) is 20.0 Å². The Morgan fingerprint density at radius 1 is 1.12 bits per heavy atom. The molecule has 4 unspecified atom stereocenters. The molecule has 1 saturated carbocycles. The number of nitrogens with zero attached hydrogens (tertiary/aromatic N) is 4. The normalized spacial score (nSPS) is 30.8. The molecule has 1 aliphatic carbocycles. The van der Waals surface area contributed by atoms with Crippen LogP contribution in [-0.2, 0) is 9.53 Å². The number of nitrogens with one attached hydrogen (secondary N) is 1. The summed E-state index contributed by atoms with van der Waals surface area (Å²) in [6.07, 6.45) is 17.4. The van der Waals surface area contributed by atoms with Crippen LogP contribution in [0.5, 0.6) is 0 Å². The van der Waals surface area contributed by atoms with Crippen LogP contribution in [0, 0.1) is 11.3 Å². The van der Waals surface area contributed by atoms with Gasteiger partial charge in [0.2, 0.25) is 5.91 Å². The van der Waals surface area contributed by atoms with Crippen LogP contribution in [0.15, 0.2) is 16.8 Å². The number of rotatable bonds is 11. The van der Waals surface area contributed by atoms with Crippen LogP contribution in [0.3, 0.4) is 0 Å². The number of unbranched alkanes of at least 4 members (excludes halogenated alkanes) is 3. The fraction of sp³-hybridized carbons (Fsp3) is 0.879. The Bertz CT molecular complexity index is 944. The van der Waals surface area contributed by atoms with E-state index < -0.39 is 12.1 Å². The van der Waals surface area contributed by atoms with E-state index in [0.29, 0.717) is 6.04 Å². The summed E-state index contributed by atoms with van der Waals surface area (Å²) in [6.45, 7) is 10.7. The van der Waals surface area contributed by atoms with Crippen molar-refractivity contribution < 1.29 is 9.53 Å². The Balaban J connectivity index is 1.30. The minimum absolute atomic E-state index is 0.0659. The molecule has 9 nitrogen and oxygen atoms in total. The number of hydrogen-bond donors (Lipinski definition) is 3. The second-order valence-corrected chi connectivity index (χ2v) is 14.6. The smallest absolute Gasteiger partial charge is 0.228 e. The van der Waals surface area contributed by atoms with Crippen molar-refractivity contribution in [1.29, 1.82) is 0 Å². The van der Waals surface area contributed by atoms with Crippen molar-refractivity contribution in [3.63, 3.8) is 0 Å². The third kappa shape index (κ3) is 8.73. The highest BCUT2D eigenvalue weighted by molar-refractivity contribution is 6.28. The highest BCUT2D eigenvalue weighted by Crippen LogP contribution is 2.46. The number of piperazine rings is 1. The second-order valence-electron chi connectivity index (χ2n) is 14.0. The van der Waals surface area contributed by atoms with E-state index in [2.05, 4.69) is 33.0 Å². The zero-order valence-corrected chi connectivity index (χ0v) is 27.4. The van der Waals surface area contributed by atoms with Gasteiger partial charge in [-0.05, 0) is 56.6 Å². The quantitative estimate of drug-likeness (QED) is 0.185. The van der Waals surface area contributed by atoms with Gasteiger partial charge >= 0.3 is 0 Å². The molecular weight excluding hydrogens is 562 g/mol. The topological polar surface area (TPSA) is 112 Å². The highest BCUT2D eigenvalue weighted by atomic mass is 35.5. The van der Waals surface area contributed by atoms with E-state index in [9.17, 15) is 4.79 Å². The molecule has 10 heteroatoms. The maximum absolute atomic E-state index is 14.3. The molecular formula is C33H58ClN7O2. The zero-order chi connectivity index (χ0) is 30.2. The molecule has 5 N–H and O–H groups in total. The van der Waals surface area contributed by atoms with Gasteiger partial charge in [0.05, 0.1) is 48.8 Å². The number of ether oxygens (including phenoxy) is 1. The summed E-state index contributed by atoms with van der Waals surface area (Å²) in [5.41, 5.74) is 14.3. The van der Waals surface area contributed by atoms with Gasteiger partial charge in [-0.25, -0.2) is 0 Å². The van der Waals surface area contributed by atoms with Crippen molar-refractivity contribution in [2.24, 2.45) is 27.8 Å². The Morgan fingerprint density at radius 3 is 2.56 bits per heavy atom. The van der Waals surface area contributed by atoms with Crippen LogP contribution in [0.4, 0.5) is 0 Å². The Morgan fingerprint density at radius 2 is 1.88 bits per heavy atom. The van der Waals surface area contributed by atoms with E-state index in [1.807, 2.05) is 6.21 Å². The summed E-state index contributed by atoms with van der Waals surface area (Å²) in [5.74, 6) is -0.655. The largest absolute Gasteiger partial charge is 0.378 e. The molecule has 0 aromatic heterocycles. The highest BCUT2D eigenvalue weighted by Gasteiger charge is 2.42. The van der Waals surface area contributed by atoms with E-state index in [1.54, 1.807) is 0 Å². The molecule has 5 aliphatic rings. The van der Waals surface area contributed by atoms with Gasteiger partial charge in [0, 0.05) is 51.2 Å². The van der Waals surface area contributed by atoms with Gasteiger partial charge in [0.15, 0.2) is 0 Å². The first kappa shape index (κ1) is 33.1. The molecule has 4 heterocycles. The molecule has 244 valence electrons. The Hall–Kier alpha value is -1.23. The molecule has 0 aromatic carbocycles. The van der Waals surface area contributed by atoms with Crippen LogP contribution < -0.4 is 16.8 Å². The third-order valence-electron chi connectivity index (χ3n) is 10.9. The number of amides is 1. The lowest BCUT2D eigenvalue weighted by Crippen LogP contribution is -2.60. The van der Waals surface area contributed by atoms with Crippen molar-refractivity contribution in [3.05, 3.63) is 11.8 Å². The number of hydrogen-bond acceptors (Lipinski definition) is 8. The molecule has 3 fully saturated rings. The van der Waals surface area contributed by atoms with Gasteiger partial charge in [-0.2, -0.15) is 0 Å². The number of alkyl halides is 1. The SMILES string of the molecule is CCCCCCN1CC=C(N2CCN(C3COC3)CC2)C(NC(=O)C(C(N)N)C2CC3(CCCCC3)CCC(Cl)/C=N\2)C1. The fourth-order valence-corrected chi connectivity index (χ4v) is 8.33. The first-order valence-electron chi connectivity index (χ1n) is 17.4. The van der Waals surface area contributed by atoms with Gasteiger partial charge in [-0.3, -0.25) is 19.6 Å². The molecule has 2 saturated heterocycles. The Kier molecular flexibility index (Phi) is 12.2. The predicted molar refractivity (Wildman–Crippen MR) is 175 cm³/mol. The van der Waals surface area contributed by atoms with Crippen LogP contribution in [0.1, 0.15) is 84.0 Å². The van der Waals surface area contributed by atoms with Gasteiger partial charge in [-0.1, -0.05) is 45.4 Å². The van der Waals surface area contributed by atoms with Gasteiger partial charge in [0.25, 0.3) is 0 Å². The molecule has 43 heavy (non-hydrogen) atoms. The standard InChI is InChI=1S/C33H58ClN7O2/c1-2-3-4-8-14-39-15-10-29(41-18-16-40(17-19-41)26-23-43-24-26)28(22-39)38-32(42)30(31(35)36)27-20-33(11-6-5-7-12-33)13-9-25(34)21-37-27/h10,21,25-28,30-31H,2-9,11-20,22-24,35-36H2,1H3,(H,38,42)/b37-21-. The molecule has 5 rings (SSSR count). The lowest BCUT2D eigenvalue weighted by Gasteiger charge is -2.46. The van der Waals surface area contributed by atoms with E-state index in [0.717, 1.165) is 78.3 Å². The molecule has 1 amide bonds. The number of carbonyl (C=O) groups is 1.